The molecule has 1 aliphatic heterocycles. The van der Waals surface area contributed by atoms with Gasteiger partial charge in [0.25, 0.3) is 20.0 Å². The molecule has 0 saturated carbocycles. The summed E-state index contributed by atoms with van der Waals surface area (Å²) in [5, 5.41) is 19.1. The number of benzene rings is 4. The molecule has 65 heavy (non-hydrogen) atoms. The van der Waals surface area contributed by atoms with Gasteiger partial charge >= 0.3 is 5.69 Å². The highest BCUT2D eigenvalue weighted by Gasteiger charge is 2.52. The van der Waals surface area contributed by atoms with E-state index in [4.69, 9.17) is 32.7 Å². The van der Waals surface area contributed by atoms with Gasteiger partial charge in [0, 0.05) is 29.9 Å². The average molecular weight is 904 g/mol. The predicted octanol–water partition coefficient (Wildman–Crippen LogP) is 7.58. The largest absolute Gasteiger partial charge is 0.497 e. The second kappa shape index (κ2) is 22.8. The second-order valence-electron chi connectivity index (χ2n) is 15.6. The zero-order chi connectivity index (χ0) is 46.5. The summed E-state index contributed by atoms with van der Waals surface area (Å²) in [6.07, 6.45) is -3.20. The van der Waals surface area contributed by atoms with E-state index in [-0.39, 0.29) is 50.3 Å². The fourth-order valence-electron chi connectivity index (χ4n) is 7.87. The standard InChI is InChI=1S/C49H54N5O10P/c1-34(2)54(35(3)4)65(62-32-14-29-51)64-44-42(63-47(45(44)60-31-13-28-50)52-30-27-43(55)53(48(52)57)46(56)36-15-9-7-10-16-36)33-61-49(37-17-11-8-12-18-37,38-19-23-40(58-5)24-20-38)39-21-25-41(59-6)26-22-39/h7-12,15-27,30,34-35,42,44-45,47H,13-14,31-33H2,1-6H3/t42-,44?,45+,47-,65?/m1/s1. The van der Waals surface area contributed by atoms with Crippen molar-refractivity contribution < 1.29 is 37.5 Å². The molecular weight excluding hydrogens is 850 g/mol. The van der Waals surface area contributed by atoms with Crippen molar-refractivity contribution in [3.8, 4) is 23.6 Å². The van der Waals surface area contributed by atoms with Gasteiger partial charge in [0.2, 0.25) is 0 Å². The monoisotopic (exact) mass is 903 g/mol. The third-order valence-corrected chi connectivity index (χ3v) is 13.0. The first-order valence-corrected chi connectivity index (χ1v) is 22.4. The number of nitrogens with zero attached hydrogens (tertiary/aromatic N) is 5. The molecule has 0 radical (unpaired) electrons. The van der Waals surface area contributed by atoms with Crippen LogP contribution in [0.5, 0.6) is 11.5 Å². The molecule has 1 aromatic heterocycles. The Morgan fingerprint density at radius 2 is 1.29 bits per heavy atom. The van der Waals surface area contributed by atoms with Crippen LogP contribution in [0.25, 0.3) is 0 Å². The van der Waals surface area contributed by atoms with E-state index in [1.807, 2.05) is 107 Å². The molecule has 0 bridgehead atoms. The maximum Gasteiger partial charge on any atom is 0.340 e. The molecule has 0 N–H and O–H groups in total. The van der Waals surface area contributed by atoms with E-state index in [1.165, 1.54) is 18.3 Å². The first kappa shape index (κ1) is 48.5. The zero-order valence-corrected chi connectivity index (χ0v) is 38.2. The summed E-state index contributed by atoms with van der Waals surface area (Å²) in [6, 6.07) is 38.0. The molecule has 6 rings (SSSR count). The number of methoxy groups -OCH3 is 2. The summed E-state index contributed by atoms with van der Waals surface area (Å²) in [7, 11) is 1.24. The van der Waals surface area contributed by atoms with Gasteiger partial charge in [-0.15, -0.1) is 0 Å². The van der Waals surface area contributed by atoms with Gasteiger partial charge in [-0.3, -0.25) is 14.2 Å². The molecule has 2 unspecified atom stereocenters. The number of hydrogen-bond donors (Lipinski definition) is 0. The highest BCUT2D eigenvalue weighted by Crippen LogP contribution is 2.51. The number of carbonyl (C=O) groups is 1. The highest BCUT2D eigenvalue weighted by molar-refractivity contribution is 7.44. The van der Waals surface area contributed by atoms with Crippen LogP contribution in [-0.2, 0) is 28.9 Å². The van der Waals surface area contributed by atoms with E-state index in [9.17, 15) is 24.9 Å². The van der Waals surface area contributed by atoms with Crippen LogP contribution < -0.4 is 20.7 Å². The lowest BCUT2D eigenvalue weighted by molar-refractivity contribution is -0.0976. The van der Waals surface area contributed by atoms with Gasteiger partial charge in [-0.2, -0.15) is 15.1 Å². The lowest BCUT2D eigenvalue weighted by Crippen LogP contribution is -2.47. The summed E-state index contributed by atoms with van der Waals surface area (Å²) in [6.45, 7) is 7.82. The Hall–Kier alpha value is -6.00. The summed E-state index contributed by atoms with van der Waals surface area (Å²) in [4.78, 5) is 41.6. The van der Waals surface area contributed by atoms with Crippen molar-refractivity contribution >= 4 is 14.4 Å². The van der Waals surface area contributed by atoms with Gasteiger partial charge in [0.15, 0.2) is 6.23 Å². The third kappa shape index (κ3) is 10.9. The summed E-state index contributed by atoms with van der Waals surface area (Å²) < 4.78 is 49.0. The van der Waals surface area contributed by atoms with Gasteiger partial charge in [-0.25, -0.2) is 9.46 Å². The smallest absolute Gasteiger partial charge is 0.340 e. The second-order valence-corrected chi connectivity index (χ2v) is 17.0. The molecule has 5 aromatic rings. The van der Waals surface area contributed by atoms with E-state index in [0.29, 0.717) is 16.1 Å². The van der Waals surface area contributed by atoms with Crippen LogP contribution in [0.15, 0.2) is 131 Å². The SMILES string of the molecule is COc1ccc(C(OC[C@H]2O[C@@H](n3ccc(=O)n(C(=O)c4ccccc4)c3=O)[C@@H](OCCC#N)C2OP(OCCC#N)N(C(C)C)C(C)C)(c2ccccc2)c2ccc(OC)cc2)cc1. The quantitative estimate of drug-likeness (QED) is 0.0401. The topological polar surface area (TPSA) is 176 Å². The van der Waals surface area contributed by atoms with Gasteiger partial charge < -0.3 is 32.7 Å². The van der Waals surface area contributed by atoms with Crippen molar-refractivity contribution in [3.05, 3.63) is 165 Å². The molecule has 16 heteroatoms. The number of rotatable bonds is 21. The minimum absolute atomic E-state index is 0.0123. The normalized spacial score (nSPS) is 17.8. The number of nitriles is 2. The van der Waals surface area contributed by atoms with Crippen molar-refractivity contribution in [2.75, 3.05) is 34.0 Å². The molecule has 15 nitrogen and oxygen atoms in total. The van der Waals surface area contributed by atoms with E-state index >= 15 is 0 Å². The van der Waals surface area contributed by atoms with Crippen molar-refractivity contribution in [1.82, 2.24) is 13.8 Å². The van der Waals surface area contributed by atoms with Crippen LogP contribution in [0.1, 0.15) is 73.8 Å². The Kier molecular flexibility index (Phi) is 17.0. The first-order valence-electron chi connectivity index (χ1n) is 21.3. The van der Waals surface area contributed by atoms with Crippen molar-refractivity contribution in [3.63, 3.8) is 0 Å². The first-order chi connectivity index (χ1) is 31.5. The molecule has 0 amide bonds. The molecule has 4 aromatic carbocycles. The fourth-order valence-corrected chi connectivity index (χ4v) is 9.64. The van der Waals surface area contributed by atoms with Crippen LogP contribution in [0.4, 0.5) is 0 Å². The highest BCUT2D eigenvalue weighted by atomic mass is 31.2. The Balaban J connectivity index is 1.54. The Morgan fingerprint density at radius 3 is 1.83 bits per heavy atom. The van der Waals surface area contributed by atoms with E-state index in [1.54, 1.807) is 32.4 Å². The molecule has 1 saturated heterocycles. The van der Waals surface area contributed by atoms with E-state index in [0.717, 1.165) is 27.3 Å². The summed E-state index contributed by atoms with van der Waals surface area (Å²) in [5.74, 6) is 0.453. The molecule has 340 valence electrons. The van der Waals surface area contributed by atoms with Gasteiger partial charge in [0.1, 0.15) is 35.4 Å². The zero-order valence-electron chi connectivity index (χ0n) is 37.3. The van der Waals surface area contributed by atoms with Gasteiger partial charge in [0.05, 0.1) is 59.0 Å². The lowest BCUT2D eigenvalue weighted by atomic mass is 9.80. The molecule has 5 atom stereocenters. The maximum absolute atomic E-state index is 14.5. The fraction of sp³-hybridized carbons (Fsp3) is 0.367. The third-order valence-electron chi connectivity index (χ3n) is 10.8. The van der Waals surface area contributed by atoms with Gasteiger partial charge in [-0.05, 0) is 80.8 Å². The minimum atomic E-state index is -1.95. The van der Waals surface area contributed by atoms with E-state index < -0.39 is 55.8 Å². The molecule has 1 fully saturated rings. The minimum Gasteiger partial charge on any atom is -0.497 e. The van der Waals surface area contributed by atoms with Crippen LogP contribution in [0, 0.1) is 22.7 Å². The van der Waals surface area contributed by atoms with Gasteiger partial charge in [-0.1, -0.05) is 72.8 Å². The van der Waals surface area contributed by atoms with E-state index in [2.05, 4.69) is 16.8 Å². The molecule has 0 spiro atoms. The van der Waals surface area contributed by atoms with Crippen LogP contribution in [0.2, 0.25) is 0 Å². The average Bonchev–Trinajstić information content (AvgIpc) is 3.65. The van der Waals surface area contributed by atoms with Crippen LogP contribution >= 0.6 is 8.53 Å². The van der Waals surface area contributed by atoms with Crippen LogP contribution in [-0.4, -0.2) is 84.1 Å². The Morgan fingerprint density at radius 1 is 0.754 bits per heavy atom. The molecule has 0 aliphatic carbocycles. The lowest BCUT2D eigenvalue weighted by Gasteiger charge is -2.39. The van der Waals surface area contributed by atoms with Crippen molar-refractivity contribution in [2.24, 2.45) is 0 Å². The number of aromatic nitrogens is 2. The maximum atomic E-state index is 14.5. The Bertz CT molecular complexity index is 2470. The van der Waals surface area contributed by atoms with Crippen LogP contribution in [0.3, 0.4) is 0 Å². The number of carbonyl (C=O) groups excluding carboxylic acids is 1. The number of ether oxygens (including phenoxy) is 5. The molecule has 2 heterocycles. The molecular formula is C49H54N5O10P. The predicted molar refractivity (Wildman–Crippen MR) is 243 cm³/mol. The summed E-state index contributed by atoms with van der Waals surface area (Å²) in [5.41, 5.74) is -0.705. The van der Waals surface area contributed by atoms with Crippen molar-refractivity contribution in [2.45, 2.75) is 82.8 Å². The molecule has 1 aliphatic rings. The Labute approximate surface area is 380 Å². The van der Waals surface area contributed by atoms with Crippen molar-refractivity contribution in [1.29, 1.82) is 10.5 Å². The summed E-state index contributed by atoms with van der Waals surface area (Å²) >= 11 is 0. The number of hydrogen-bond acceptors (Lipinski definition) is 13.